The van der Waals surface area contributed by atoms with E-state index in [9.17, 15) is 0 Å². The summed E-state index contributed by atoms with van der Waals surface area (Å²) in [7, 11) is 0. The zero-order valence-electron chi connectivity index (χ0n) is 9.90. The van der Waals surface area contributed by atoms with Crippen LogP contribution in [0.2, 0.25) is 0 Å². The van der Waals surface area contributed by atoms with Gasteiger partial charge in [-0.1, -0.05) is 6.92 Å². The van der Waals surface area contributed by atoms with E-state index in [4.69, 9.17) is 9.47 Å². The molecule has 0 spiro atoms. The Morgan fingerprint density at radius 3 is 2.88 bits per heavy atom. The van der Waals surface area contributed by atoms with Crippen LogP contribution in [0.3, 0.4) is 0 Å². The lowest BCUT2D eigenvalue weighted by molar-refractivity contribution is 0.275. The fourth-order valence-electron chi connectivity index (χ4n) is 1.14. The summed E-state index contributed by atoms with van der Waals surface area (Å²) in [6.45, 7) is 7.00. The van der Waals surface area contributed by atoms with Crippen LogP contribution in [0, 0.1) is 0 Å². The standard InChI is InChI=1S/C11H19N3O2/c1-3-6-12-8-9-16-11-13-7-5-10(14-11)15-4-2/h5,7,12H,3-4,6,8-9H2,1-2H3. The Morgan fingerprint density at radius 1 is 1.25 bits per heavy atom. The van der Waals surface area contributed by atoms with E-state index < -0.39 is 0 Å². The van der Waals surface area contributed by atoms with Gasteiger partial charge in [-0.05, 0) is 19.9 Å². The number of rotatable bonds is 8. The van der Waals surface area contributed by atoms with Crippen molar-refractivity contribution in [3.63, 3.8) is 0 Å². The number of ether oxygens (including phenoxy) is 2. The summed E-state index contributed by atoms with van der Waals surface area (Å²) in [6.07, 6.45) is 2.75. The van der Waals surface area contributed by atoms with Crippen molar-refractivity contribution in [3.8, 4) is 11.9 Å². The third-order valence-corrected chi connectivity index (χ3v) is 1.84. The van der Waals surface area contributed by atoms with E-state index in [0.717, 1.165) is 19.5 Å². The second-order valence-electron chi connectivity index (χ2n) is 3.21. The Hall–Kier alpha value is -1.36. The molecule has 0 fully saturated rings. The molecule has 16 heavy (non-hydrogen) atoms. The molecule has 0 aliphatic carbocycles. The van der Waals surface area contributed by atoms with Crippen LogP contribution in [0.15, 0.2) is 12.3 Å². The van der Waals surface area contributed by atoms with Crippen molar-refractivity contribution in [2.45, 2.75) is 20.3 Å². The summed E-state index contributed by atoms with van der Waals surface area (Å²) >= 11 is 0. The minimum Gasteiger partial charge on any atom is -0.478 e. The summed E-state index contributed by atoms with van der Waals surface area (Å²) in [5.41, 5.74) is 0. The quantitative estimate of drug-likeness (QED) is 0.675. The van der Waals surface area contributed by atoms with Gasteiger partial charge in [0.1, 0.15) is 6.61 Å². The number of aromatic nitrogens is 2. The van der Waals surface area contributed by atoms with Crippen LogP contribution < -0.4 is 14.8 Å². The van der Waals surface area contributed by atoms with Crippen LogP contribution >= 0.6 is 0 Å². The number of hydrogen-bond acceptors (Lipinski definition) is 5. The molecule has 1 aromatic rings. The maximum atomic E-state index is 5.37. The molecule has 0 amide bonds. The van der Waals surface area contributed by atoms with Crippen molar-refractivity contribution in [2.24, 2.45) is 0 Å². The molecule has 0 saturated carbocycles. The van der Waals surface area contributed by atoms with Gasteiger partial charge in [-0.2, -0.15) is 4.98 Å². The molecule has 5 nitrogen and oxygen atoms in total. The molecule has 0 aromatic carbocycles. The molecular weight excluding hydrogens is 206 g/mol. The second kappa shape index (κ2) is 7.87. The van der Waals surface area contributed by atoms with Crippen LogP contribution in [0.4, 0.5) is 0 Å². The van der Waals surface area contributed by atoms with Crippen LogP contribution in [0.1, 0.15) is 20.3 Å². The van der Waals surface area contributed by atoms with Gasteiger partial charge in [0.05, 0.1) is 6.61 Å². The van der Waals surface area contributed by atoms with Gasteiger partial charge < -0.3 is 14.8 Å². The van der Waals surface area contributed by atoms with Gasteiger partial charge in [0.25, 0.3) is 0 Å². The van der Waals surface area contributed by atoms with Gasteiger partial charge in [-0.15, -0.1) is 0 Å². The van der Waals surface area contributed by atoms with Gasteiger partial charge in [0, 0.05) is 18.8 Å². The molecule has 90 valence electrons. The first kappa shape index (κ1) is 12.7. The van der Waals surface area contributed by atoms with E-state index in [-0.39, 0.29) is 0 Å². The average molecular weight is 225 g/mol. The lowest BCUT2D eigenvalue weighted by Crippen LogP contribution is -2.22. The number of hydrogen-bond donors (Lipinski definition) is 1. The lowest BCUT2D eigenvalue weighted by Gasteiger charge is -2.06. The Bertz CT molecular complexity index is 294. The average Bonchev–Trinajstić information content (AvgIpc) is 2.30. The maximum absolute atomic E-state index is 5.37. The second-order valence-corrected chi connectivity index (χ2v) is 3.21. The van der Waals surface area contributed by atoms with E-state index in [1.807, 2.05) is 6.92 Å². The molecule has 0 atom stereocenters. The molecule has 1 aromatic heterocycles. The van der Waals surface area contributed by atoms with E-state index >= 15 is 0 Å². The highest BCUT2D eigenvalue weighted by Gasteiger charge is 1.99. The largest absolute Gasteiger partial charge is 0.478 e. The van der Waals surface area contributed by atoms with Crippen molar-refractivity contribution >= 4 is 0 Å². The SMILES string of the molecule is CCCNCCOc1nccc(OCC)n1. The fraction of sp³-hybridized carbons (Fsp3) is 0.636. The van der Waals surface area contributed by atoms with Crippen molar-refractivity contribution in [2.75, 3.05) is 26.3 Å². The van der Waals surface area contributed by atoms with Gasteiger partial charge in [-0.25, -0.2) is 4.98 Å². The Balaban J connectivity index is 2.27. The fourth-order valence-corrected chi connectivity index (χ4v) is 1.14. The minimum atomic E-state index is 0.365. The topological polar surface area (TPSA) is 56.3 Å². The van der Waals surface area contributed by atoms with E-state index in [0.29, 0.717) is 25.1 Å². The summed E-state index contributed by atoms with van der Waals surface area (Å²) in [5, 5.41) is 3.23. The summed E-state index contributed by atoms with van der Waals surface area (Å²) in [5.74, 6) is 0.550. The summed E-state index contributed by atoms with van der Waals surface area (Å²) in [4.78, 5) is 8.10. The smallest absolute Gasteiger partial charge is 0.319 e. The zero-order valence-corrected chi connectivity index (χ0v) is 9.90. The lowest BCUT2D eigenvalue weighted by atomic mass is 10.5. The van der Waals surface area contributed by atoms with Crippen LogP contribution in [-0.4, -0.2) is 36.3 Å². The molecule has 0 aliphatic rings. The van der Waals surface area contributed by atoms with Crippen molar-refractivity contribution in [1.29, 1.82) is 0 Å². The molecular formula is C11H19N3O2. The Kier molecular flexibility index (Phi) is 6.25. The third kappa shape index (κ3) is 4.93. The normalized spacial score (nSPS) is 10.1. The summed E-state index contributed by atoms with van der Waals surface area (Å²) in [6, 6.07) is 2.08. The predicted molar refractivity (Wildman–Crippen MR) is 61.9 cm³/mol. The van der Waals surface area contributed by atoms with Gasteiger partial charge >= 0.3 is 6.01 Å². The van der Waals surface area contributed by atoms with E-state index in [1.165, 1.54) is 0 Å². The zero-order chi connectivity index (χ0) is 11.6. The van der Waals surface area contributed by atoms with Gasteiger partial charge in [0.15, 0.2) is 0 Å². The number of nitrogens with zero attached hydrogens (tertiary/aromatic N) is 2. The Morgan fingerprint density at radius 2 is 2.12 bits per heavy atom. The first-order valence-electron chi connectivity index (χ1n) is 5.66. The van der Waals surface area contributed by atoms with Crippen LogP contribution in [-0.2, 0) is 0 Å². The van der Waals surface area contributed by atoms with Crippen LogP contribution in [0.25, 0.3) is 0 Å². The molecule has 0 unspecified atom stereocenters. The predicted octanol–water partition coefficient (Wildman–Crippen LogP) is 1.25. The van der Waals surface area contributed by atoms with Gasteiger partial charge in [-0.3, -0.25) is 0 Å². The van der Waals surface area contributed by atoms with Crippen molar-refractivity contribution in [1.82, 2.24) is 15.3 Å². The van der Waals surface area contributed by atoms with E-state index in [1.54, 1.807) is 12.3 Å². The molecule has 0 radical (unpaired) electrons. The minimum absolute atomic E-state index is 0.365. The van der Waals surface area contributed by atoms with Crippen molar-refractivity contribution in [3.05, 3.63) is 12.3 Å². The first-order chi connectivity index (χ1) is 7.86. The molecule has 1 rings (SSSR count). The van der Waals surface area contributed by atoms with Crippen molar-refractivity contribution < 1.29 is 9.47 Å². The monoisotopic (exact) mass is 225 g/mol. The molecule has 1 heterocycles. The third-order valence-electron chi connectivity index (χ3n) is 1.84. The molecule has 0 bridgehead atoms. The maximum Gasteiger partial charge on any atom is 0.319 e. The highest BCUT2D eigenvalue weighted by atomic mass is 16.5. The van der Waals surface area contributed by atoms with Gasteiger partial charge in [0.2, 0.25) is 5.88 Å². The van der Waals surface area contributed by atoms with E-state index in [2.05, 4.69) is 22.2 Å². The number of nitrogens with one attached hydrogen (secondary N) is 1. The van der Waals surface area contributed by atoms with Crippen LogP contribution in [0.5, 0.6) is 11.9 Å². The highest BCUT2D eigenvalue weighted by molar-refractivity contribution is 5.10. The molecule has 5 heteroatoms. The first-order valence-corrected chi connectivity index (χ1v) is 5.66. The molecule has 1 N–H and O–H groups in total. The highest BCUT2D eigenvalue weighted by Crippen LogP contribution is 2.09. The summed E-state index contributed by atoms with van der Waals surface area (Å²) < 4.78 is 10.6. The Labute approximate surface area is 96.2 Å². The molecule has 0 aliphatic heterocycles. The molecule has 0 saturated heterocycles.